The largest absolute Gasteiger partial charge is 0.477 e. The van der Waals surface area contributed by atoms with E-state index in [1.807, 2.05) is 21.1 Å². The lowest BCUT2D eigenvalue weighted by atomic mass is 10.0. The number of allylic oxidation sites excluding steroid dienone is 24. The number of likely N-dealkylation sites (N-methyl/N-ethyl adjacent to an activating group) is 1. The molecule has 0 aromatic heterocycles. The number of carbonyl (C=O) groups excluding carboxylic acids is 2. The summed E-state index contributed by atoms with van der Waals surface area (Å²) < 4.78 is 23.1. The number of aliphatic carboxylic acids is 1. The molecule has 0 radical (unpaired) electrons. The van der Waals surface area contributed by atoms with Gasteiger partial charge in [-0.2, -0.15) is 0 Å². The zero-order chi connectivity index (χ0) is 71.8. The van der Waals surface area contributed by atoms with Gasteiger partial charge < -0.3 is 28.5 Å². The molecule has 0 rings (SSSR count). The molecule has 1 N–H and O–H groups in total. The van der Waals surface area contributed by atoms with E-state index in [0.29, 0.717) is 23.9 Å². The van der Waals surface area contributed by atoms with Gasteiger partial charge in [0.15, 0.2) is 6.10 Å². The predicted octanol–water partition coefficient (Wildman–Crippen LogP) is 26.6. The maximum atomic E-state index is 13.0. The van der Waals surface area contributed by atoms with E-state index in [0.717, 1.165) is 122 Å². The van der Waals surface area contributed by atoms with E-state index < -0.39 is 24.3 Å². The van der Waals surface area contributed by atoms with Gasteiger partial charge in [0.2, 0.25) is 0 Å². The summed E-state index contributed by atoms with van der Waals surface area (Å²) >= 11 is 0. The number of quaternary nitrogens is 1. The quantitative estimate of drug-likeness (QED) is 0.0211. The standard InChI is InChI=1S/C90H153NO8/c1-6-8-10-12-14-16-18-20-22-24-26-28-30-32-34-36-38-40-41-42-43-44-45-46-47-49-50-52-54-56-58-60-62-64-66-68-70-72-74-76-78-80-87(92)97-84-86(85-98-90(89(94)95)96-83-82-91(3,4)5)99-88(93)81-79-77-75-73-71-69-67-65-63-61-59-57-55-53-51-48-39-37-35-33-31-29-27-25-23-21-19-17-15-13-11-9-7-2/h8-11,14-17,20-23,26-29,32-35,39,48,53,55,86,90H,6-7,12-13,18-19,24-25,30-31,36-38,40-47,49-52,54,56-85H2,1-5H3/p+1/b10-8-,11-9-,16-14-,17-15-,22-20-,23-21-,28-26-,29-27-,34-32-,35-33-,48-39-,55-53-. The average Bonchev–Trinajstić information content (AvgIpc) is 1.57. The van der Waals surface area contributed by atoms with Crippen LogP contribution in [0.25, 0.3) is 0 Å². The third-order valence-electron chi connectivity index (χ3n) is 17.6. The summed E-state index contributed by atoms with van der Waals surface area (Å²) in [6.07, 6.45) is 113. The summed E-state index contributed by atoms with van der Waals surface area (Å²) in [5, 5.41) is 9.78. The van der Waals surface area contributed by atoms with Crippen LogP contribution >= 0.6 is 0 Å². The summed E-state index contributed by atoms with van der Waals surface area (Å²) in [5.41, 5.74) is 0. The lowest BCUT2D eigenvalue weighted by molar-refractivity contribution is -0.870. The van der Waals surface area contributed by atoms with Crippen LogP contribution in [0.1, 0.15) is 348 Å². The minimum absolute atomic E-state index is 0.183. The Morgan fingerprint density at radius 1 is 0.303 bits per heavy atom. The van der Waals surface area contributed by atoms with Crippen LogP contribution < -0.4 is 0 Å². The van der Waals surface area contributed by atoms with Gasteiger partial charge in [-0.1, -0.05) is 365 Å². The minimum atomic E-state index is -1.52. The lowest BCUT2D eigenvalue weighted by Crippen LogP contribution is -2.40. The number of hydrogen-bond donors (Lipinski definition) is 1. The fourth-order valence-electron chi connectivity index (χ4n) is 11.4. The molecule has 99 heavy (non-hydrogen) atoms. The van der Waals surface area contributed by atoms with Gasteiger partial charge in [0, 0.05) is 12.8 Å². The Bertz CT molecular complexity index is 2150. The normalized spacial score (nSPS) is 13.4. The number of rotatable bonds is 75. The highest BCUT2D eigenvalue weighted by molar-refractivity contribution is 5.71. The summed E-state index contributed by atoms with van der Waals surface area (Å²) in [7, 11) is 5.98. The molecular weight excluding hydrogens is 1220 g/mol. The molecule has 0 aliphatic rings. The third kappa shape index (κ3) is 80.4. The van der Waals surface area contributed by atoms with E-state index in [9.17, 15) is 19.5 Å². The van der Waals surface area contributed by atoms with Crippen LogP contribution in [-0.2, 0) is 33.3 Å². The van der Waals surface area contributed by atoms with Crippen molar-refractivity contribution in [3.8, 4) is 0 Å². The van der Waals surface area contributed by atoms with E-state index in [2.05, 4.69) is 160 Å². The molecule has 566 valence electrons. The fraction of sp³-hybridized carbons (Fsp3) is 0.700. The molecule has 0 saturated heterocycles. The molecule has 0 spiro atoms. The summed E-state index contributed by atoms with van der Waals surface area (Å²) in [5.74, 6) is -2.00. The molecule has 0 bridgehead atoms. The van der Waals surface area contributed by atoms with Crippen molar-refractivity contribution in [3.05, 3.63) is 146 Å². The topological polar surface area (TPSA) is 108 Å². The first kappa shape index (κ1) is 94.2. The van der Waals surface area contributed by atoms with Crippen LogP contribution in [0.4, 0.5) is 0 Å². The van der Waals surface area contributed by atoms with Gasteiger partial charge in [-0.3, -0.25) is 9.59 Å². The van der Waals surface area contributed by atoms with Gasteiger partial charge >= 0.3 is 17.9 Å². The molecule has 0 heterocycles. The molecule has 0 aromatic rings. The van der Waals surface area contributed by atoms with Gasteiger partial charge in [-0.25, -0.2) is 4.79 Å². The molecule has 0 aromatic carbocycles. The number of nitrogens with zero attached hydrogens (tertiary/aromatic N) is 1. The van der Waals surface area contributed by atoms with Crippen molar-refractivity contribution >= 4 is 17.9 Å². The van der Waals surface area contributed by atoms with Crippen LogP contribution in [0.15, 0.2) is 146 Å². The van der Waals surface area contributed by atoms with Crippen molar-refractivity contribution in [2.24, 2.45) is 0 Å². The minimum Gasteiger partial charge on any atom is -0.477 e. The average molecular weight is 1380 g/mol. The van der Waals surface area contributed by atoms with Crippen molar-refractivity contribution in [1.29, 1.82) is 0 Å². The van der Waals surface area contributed by atoms with Crippen LogP contribution in [0.5, 0.6) is 0 Å². The van der Waals surface area contributed by atoms with Crippen molar-refractivity contribution in [1.82, 2.24) is 0 Å². The first-order valence-electron chi connectivity index (χ1n) is 41.0. The molecule has 2 atom stereocenters. The highest BCUT2D eigenvalue weighted by atomic mass is 16.7. The Labute approximate surface area is 611 Å². The van der Waals surface area contributed by atoms with Gasteiger partial charge in [-0.05, 0) is 116 Å². The molecule has 0 fully saturated rings. The Morgan fingerprint density at radius 3 is 0.808 bits per heavy atom. The number of carboxylic acid groups (broad SMARTS) is 1. The van der Waals surface area contributed by atoms with Crippen LogP contribution in [0.3, 0.4) is 0 Å². The van der Waals surface area contributed by atoms with Crippen molar-refractivity contribution in [2.75, 3.05) is 47.5 Å². The second kappa shape index (κ2) is 78.9. The zero-order valence-electron chi connectivity index (χ0n) is 64.9. The smallest absolute Gasteiger partial charge is 0.361 e. The zero-order valence-corrected chi connectivity index (χ0v) is 64.9. The summed E-state index contributed by atoms with van der Waals surface area (Å²) in [6, 6.07) is 0. The lowest BCUT2D eigenvalue weighted by Gasteiger charge is -2.25. The van der Waals surface area contributed by atoms with E-state index in [1.54, 1.807) is 0 Å². The van der Waals surface area contributed by atoms with Crippen LogP contribution in [0, 0.1) is 0 Å². The maximum Gasteiger partial charge on any atom is 0.361 e. The number of esters is 2. The number of unbranched alkanes of at least 4 members (excludes halogenated alkanes) is 36. The van der Waals surface area contributed by atoms with E-state index >= 15 is 0 Å². The van der Waals surface area contributed by atoms with Crippen LogP contribution in [0.2, 0.25) is 0 Å². The molecule has 0 amide bonds. The van der Waals surface area contributed by atoms with E-state index in [4.69, 9.17) is 18.9 Å². The molecule has 0 aliphatic heterocycles. The Morgan fingerprint density at radius 2 is 0.545 bits per heavy atom. The number of hydrogen-bond acceptors (Lipinski definition) is 7. The third-order valence-corrected chi connectivity index (χ3v) is 17.6. The van der Waals surface area contributed by atoms with Crippen molar-refractivity contribution in [2.45, 2.75) is 360 Å². The SMILES string of the molecule is CC/C=C\C/C=C\C/C=C\C/C=C\C/C=C\C/C=C\C/C=C\CCCCCCCCCCCCCC(=O)OC(COC(=O)CCCCCCCCCCCCCCCCCCCCCCCCCCC/C=C\C/C=C\C/C=C\C/C=C\C/C=C\CC)COC(OCC[N+](C)(C)C)C(=O)O. The van der Waals surface area contributed by atoms with E-state index in [-0.39, 0.29) is 32.2 Å². The number of ether oxygens (including phenoxy) is 4. The number of carboxylic acids is 1. The Kier molecular flexibility index (Phi) is 75.0. The van der Waals surface area contributed by atoms with Gasteiger partial charge in [0.1, 0.15) is 13.2 Å². The molecule has 9 nitrogen and oxygen atoms in total. The first-order chi connectivity index (χ1) is 48.6. The van der Waals surface area contributed by atoms with Gasteiger partial charge in [-0.15, -0.1) is 0 Å². The molecule has 2 unspecified atom stereocenters. The summed E-state index contributed by atoms with van der Waals surface area (Å²) in [6.45, 7) is 4.67. The maximum absolute atomic E-state index is 13.0. The molecule has 0 saturated carbocycles. The highest BCUT2D eigenvalue weighted by Gasteiger charge is 2.25. The fourth-order valence-corrected chi connectivity index (χ4v) is 11.4. The second-order valence-electron chi connectivity index (χ2n) is 28.3. The van der Waals surface area contributed by atoms with Gasteiger partial charge in [0.25, 0.3) is 6.29 Å². The monoisotopic (exact) mass is 1380 g/mol. The molecule has 9 heteroatoms. The van der Waals surface area contributed by atoms with Crippen molar-refractivity contribution < 1.29 is 42.9 Å². The van der Waals surface area contributed by atoms with E-state index in [1.165, 1.54) is 193 Å². The summed E-state index contributed by atoms with van der Waals surface area (Å²) in [4.78, 5) is 37.8. The first-order valence-corrected chi connectivity index (χ1v) is 41.0. The highest BCUT2D eigenvalue weighted by Crippen LogP contribution is 2.19. The van der Waals surface area contributed by atoms with Crippen molar-refractivity contribution in [3.63, 3.8) is 0 Å². The van der Waals surface area contributed by atoms with Crippen LogP contribution in [-0.4, -0.2) is 87.4 Å². The Balaban J connectivity index is 4.00. The Hall–Kier alpha value is -4.83. The predicted molar refractivity (Wildman–Crippen MR) is 428 cm³/mol. The number of carbonyl (C=O) groups is 3. The second-order valence-corrected chi connectivity index (χ2v) is 28.3. The molecule has 0 aliphatic carbocycles. The molecular formula is C90H154NO8+. The van der Waals surface area contributed by atoms with Gasteiger partial charge in [0.05, 0.1) is 34.4 Å².